The summed E-state index contributed by atoms with van der Waals surface area (Å²) in [6, 6.07) is 6.17. The van der Waals surface area contributed by atoms with Crippen LogP contribution in [0.15, 0.2) is 41.3 Å². The number of rotatable bonds is 4. The molecule has 0 bridgehead atoms. The van der Waals surface area contributed by atoms with E-state index >= 15 is 0 Å². The van der Waals surface area contributed by atoms with E-state index in [1.807, 2.05) is 4.72 Å². The zero-order chi connectivity index (χ0) is 15.6. The van der Waals surface area contributed by atoms with Crippen molar-refractivity contribution in [1.82, 2.24) is 0 Å². The van der Waals surface area contributed by atoms with E-state index in [0.29, 0.717) is 0 Å². The highest BCUT2D eigenvalue weighted by Gasteiger charge is 2.23. The molecule has 8 heteroatoms. The van der Waals surface area contributed by atoms with Crippen molar-refractivity contribution in [1.29, 1.82) is 0 Å². The van der Waals surface area contributed by atoms with E-state index in [2.05, 4.69) is 0 Å². The molecule has 2 aromatic carbocycles. The van der Waals surface area contributed by atoms with E-state index in [-0.39, 0.29) is 5.56 Å². The Morgan fingerprint density at radius 2 is 1.62 bits per heavy atom. The van der Waals surface area contributed by atoms with Gasteiger partial charge in [-0.1, -0.05) is 18.2 Å². The molecule has 0 aliphatic heterocycles. The molecule has 0 heterocycles. The normalized spacial score (nSPS) is 11.4. The van der Waals surface area contributed by atoms with E-state index in [0.717, 1.165) is 24.3 Å². The van der Waals surface area contributed by atoms with Crippen molar-refractivity contribution in [3.05, 3.63) is 59.4 Å². The summed E-state index contributed by atoms with van der Waals surface area (Å²) in [7, 11) is -4.54. The third-order valence-corrected chi connectivity index (χ3v) is 4.08. The Morgan fingerprint density at radius 3 is 2.29 bits per heavy atom. The Hall–Kier alpha value is -2.06. The van der Waals surface area contributed by atoms with E-state index in [9.17, 15) is 21.6 Å². The maximum absolute atomic E-state index is 13.7. The van der Waals surface area contributed by atoms with Crippen LogP contribution in [0.25, 0.3) is 0 Å². The molecule has 21 heavy (non-hydrogen) atoms. The average molecular weight is 317 g/mol. The van der Waals surface area contributed by atoms with Crippen molar-refractivity contribution < 1.29 is 26.7 Å². The minimum Gasteiger partial charge on any atom is -0.392 e. The number of benzene rings is 2. The molecule has 0 fully saturated rings. The molecule has 0 aromatic heterocycles. The van der Waals surface area contributed by atoms with Crippen molar-refractivity contribution in [3.63, 3.8) is 0 Å². The molecular formula is C13H10F3NO3S. The number of anilines is 1. The van der Waals surface area contributed by atoms with E-state index in [1.165, 1.54) is 12.1 Å². The lowest BCUT2D eigenvalue weighted by molar-refractivity contribution is 0.282. The highest BCUT2D eigenvalue weighted by atomic mass is 32.2. The molecule has 2 N–H and O–H groups in total. The SMILES string of the molecule is O=S(=O)(Nc1c(F)cccc1CO)c1cccc(F)c1F. The van der Waals surface area contributed by atoms with Gasteiger partial charge in [-0.25, -0.2) is 21.6 Å². The fraction of sp³-hybridized carbons (Fsp3) is 0.0769. The number of nitrogens with one attached hydrogen (secondary N) is 1. The van der Waals surface area contributed by atoms with Gasteiger partial charge in [0, 0.05) is 5.56 Å². The van der Waals surface area contributed by atoms with E-state index in [4.69, 9.17) is 5.11 Å². The van der Waals surface area contributed by atoms with Crippen molar-refractivity contribution in [2.75, 3.05) is 4.72 Å². The van der Waals surface area contributed by atoms with Crippen LogP contribution in [-0.4, -0.2) is 13.5 Å². The van der Waals surface area contributed by atoms with Crippen molar-refractivity contribution in [3.8, 4) is 0 Å². The van der Waals surface area contributed by atoms with Gasteiger partial charge in [0.2, 0.25) is 0 Å². The highest BCUT2D eigenvalue weighted by molar-refractivity contribution is 7.92. The van der Waals surface area contributed by atoms with Gasteiger partial charge in [0.1, 0.15) is 10.7 Å². The van der Waals surface area contributed by atoms with Crippen LogP contribution in [0.2, 0.25) is 0 Å². The first-order valence-corrected chi connectivity index (χ1v) is 7.20. The molecule has 0 saturated carbocycles. The molecule has 0 spiro atoms. The topological polar surface area (TPSA) is 66.4 Å². The average Bonchev–Trinajstić information content (AvgIpc) is 2.43. The van der Waals surface area contributed by atoms with Crippen LogP contribution < -0.4 is 4.72 Å². The maximum atomic E-state index is 13.7. The van der Waals surface area contributed by atoms with Crippen LogP contribution in [0.5, 0.6) is 0 Å². The van der Waals surface area contributed by atoms with Crippen LogP contribution in [-0.2, 0) is 16.6 Å². The predicted octanol–water partition coefficient (Wildman–Crippen LogP) is 2.40. The summed E-state index contributed by atoms with van der Waals surface area (Å²) < 4.78 is 66.2. The summed E-state index contributed by atoms with van der Waals surface area (Å²) in [4.78, 5) is -0.949. The van der Waals surface area contributed by atoms with E-state index < -0.39 is 44.7 Å². The Bertz CT molecular complexity index is 778. The Morgan fingerprint density at radius 1 is 1.00 bits per heavy atom. The number of halogens is 3. The molecule has 0 atom stereocenters. The minimum atomic E-state index is -4.54. The molecule has 4 nitrogen and oxygen atoms in total. The second kappa shape index (κ2) is 5.74. The van der Waals surface area contributed by atoms with Gasteiger partial charge in [0.05, 0.1) is 12.3 Å². The maximum Gasteiger partial charge on any atom is 0.265 e. The van der Waals surface area contributed by atoms with Gasteiger partial charge < -0.3 is 5.11 Å². The Balaban J connectivity index is 2.50. The Labute approximate surface area is 118 Å². The van der Waals surface area contributed by atoms with Gasteiger partial charge in [-0.3, -0.25) is 4.72 Å². The largest absolute Gasteiger partial charge is 0.392 e. The lowest BCUT2D eigenvalue weighted by Crippen LogP contribution is -2.17. The molecule has 0 radical (unpaired) electrons. The zero-order valence-electron chi connectivity index (χ0n) is 10.5. The van der Waals surface area contributed by atoms with Crippen LogP contribution >= 0.6 is 0 Å². The molecule has 0 saturated heterocycles. The molecule has 0 aliphatic rings. The minimum absolute atomic E-state index is 0.0320. The molecule has 2 aromatic rings. The highest BCUT2D eigenvalue weighted by Crippen LogP contribution is 2.25. The van der Waals surface area contributed by atoms with Gasteiger partial charge in [-0.2, -0.15) is 0 Å². The van der Waals surface area contributed by atoms with Crippen LogP contribution in [0.3, 0.4) is 0 Å². The zero-order valence-corrected chi connectivity index (χ0v) is 11.3. The molecule has 2 rings (SSSR count). The third-order valence-electron chi connectivity index (χ3n) is 2.71. The molecular weight excluding hydrogens is 307 g/mol. The van der Waals surface area contributed by atoms with E-state index in [1.54, 1.807) is 0 Å². The lowest BCUT2D eigenvalue weighted by atomic mass is 10.2. The van der Waals surface area contributed by atoms with Crippen LogP contribution in [0.1, 0.15) is 5.56 Å². The number of aliphatic hydroxyl groups is 1. The van der Waals surface area contributed by atoms with Crippen LogP contribution in [0, 0.1) is 17.5 Å². The first kappa shape index (κ1) is 15.3. The third kappa shape index (κ3) is 3.01. The first-order valence-electron chi connectivity index (χ1n) is 5.72. The molecule has 0 aliphatic carbocycles. The lowest BCUT2D eigenvalue weighted by Gasteiger charge is -2.12. The van der Waals surface area contributed by atoms with Crippen LogP contribution in [0.4, 0.5) is 18.9 Å². The first-order chi connectivity index (χ1) is 9.86. The number of aliphatic hydroxyl groups excluding tert-OH is 1. The van der Waals surface area contributed by atoms with Crippen molar-refractivity contribution >= 4 is 15.7 Å². The van der Waals surface area contributed by atoms with Gasteiger partial charge >= 0.3 is 0 Å². The molecule has 112 valence electrons. The fourth-order valence-electron chi connectivity index (χ4n) is 1.70. The summed E-state index contributed by atoms with van der Waals surface area (Å²) in [5.74, 6) is -3.84. The number of hydrogen-bond acceptors (Lipinski definition) is 3. The quantitative estimate of drug-likeness (QED) is 0.910. The van der Waals surface area contributed by atoms with Crippen molar-refractivity contribution in [2.24, 2.45) is 0 Å². The van der Waals surface area contributed by atoms with Crippen molar-refractivity contribution in [2.45, 2.75) is 11.5 Å². The van der Waals surface area contributed by atoms with Gasteiger partial charge in [-0.15, -0.1) is 0 Å². The summed E-state index contributed by atoms with van der Waals surface area (Å²) in [6.45, 7) is -0.624. The standard InChI is InChI=1S/C13H10F3NO3S/c14-9-4-2-6-11(12(9)16)21(19,20)17-13-8(7-18)3-1-5-10(13)15/h1-6,17-18H,7H2. The predicted molar refractivity (Wildman–Crippen MR) is 69.5 cm³/mol. The summed E-state index contributed by atoms with van der Waals surface area (Å²) in [5, 5.41) is 9.07. The second-order valence-corrected chi connectivity index (χ2v) is 5.74. The fourth-order valence-corrected chi connectivity index (χ4v) is 2.89. The molecule has 0 unspecified atom stereocenters. The summed E-state index contributed by atoms with van der Waals surface area (Å²) >= 11 is 0. The van der Waals surface area contributed by atoms with Gasteiger partial charge in [0.15, 0.2) is 11.6 Å². The number of sulfonamides is 1. The number of para-hydroxylation sites is 1. The second-order valence-electron chi connectivity index (χ2n) is 4.09. The Kier molecular flexibility index (Phi) is 4.19. The van der Waals surface area contributed by atoms with Gasteiger partial charge in [-0.05, 0) is 18.2 Å². The summed E-state index contributed by atoms with van der Waals surface area (Å²) in [6.07, 6.45) is 0. The summed E-state index contributed by atoms with van der Waals surface area (Å²) in [5.41, 5.74) is -0.543. The molecule has 0 amide bonds. The van der Waals surface area contributed by atoms with Gasteiger partial charge in [0.25, 0.3) is 10.0 Å². The smallest absolute Gasteiger partial charge is 0.265 e. The number of hydrogen-bond donors (Lipinski definition) is 2. The monoisotopic (exact) mass is 317 g/mol.